The van der Waals surface area contributed by atoms with Gasteiger partial charge >= 0.3 is 6.09 Å². The summed E-state index contributed by atoms with van der Waals surface area (Å²) in [7, 11) is 0. The zero-order valence-electron chi connectivity index (χ0n) is 17.2. The number of amides is 1. The molecule has 0 saturated carbocycles. The monoisotopic (exact) mass is 430 g/mol. The summed E-state index contributed by atoms with van der Waals surface area (Å²) in [6.45, 7) is 3.33. The van der Waals surface area contributed by atoms with Crippen LogP contribution in [0, 0.1) is 12.3 Å². The quantitative estimate of drug-likeness (QED) is 0.580. The molecule has 0 aliphatic carbocycles. The van der Waals surface area contributed by atoms with E-state index in [0.29, 0.717) is 36.7 Å². The van der Waals surface area contributed by atoms with Crippen LogP contribution in [0.15, 0.2) is 12.7 Å². The first-order chi connectivity index (χ1) is 15.0. The van der Waals surface area contributed by atoms with E-state index in [0.717, 1.165) is 12.8 Å². The van der Waals surface area contributed by atoms with Gasteiger partial charge in [0.15, 0.2) is 23.2 Å². The van der Waals surface area contributed by atoms with Crippen molar-refractivity contribution in [3.05, 3.63) is 12.7 Å². The molecule has 4 atom stereocenters. The molecular formula is C20H26N6O5. The van der Waals surface area contributed by atoms with Crippen molar-refractivity contribution in [1.82, 2.24) is 24.4 Å². The van der Waals surface area contributed by atoms with Crippen LogP contribution in [0.2, 0.25) is 0 Å². The molecule has 4 heterocycles. The van der Waals surface area contributed by atoms with Crippen molar-refractivity contribution >= 4 is 23.1 Å². The lowest BCUT2D eigenvalue weighted by molar-refractivity contribution is -0.0332. The number of aromatic nitrogens is 4. The first-order valence-corrected chi connectivity index (χ1v) is 10.3. The van der Waals surface area contributed by atoms with E-state index in [4.69, 9.17) is 15.9 Å². The zero-order valence-corrected chi connectivity index (χ0v) is 17.2. The number of carbonyl (C=O) groups excluding carboxylic acids is 1. The summed E-state index contributed by atoms with van der Waals surface area (Å²) in [5.41, 5.74) is 1.00. The van der Waals surface area contributed by atoms with Gasteiger partial charge in [-0.15, -0.1) is 12.3 Å². The average Bonchev–Trinajstić information content (AvgIpc) is 3.32. The number of aliphatic hydroxyl groups excluding tert-OH is 2. The predicted molar refractivity (Wildman–Crippen MR) is 110 cm³/mol. The van der Waals surface area contributed by atoms with Crippen molar-refractivity contribution in [3.8, 4) is 12.3 Å². The molecule has 2 aliphatic heterocycles. The fourth-order valence-corrected chi connectivity index (χ4v) is 4.00. The number of nitrogens with one attached hydrogen (secondary N) is 1. The van der Waals surface area contributed by atoms with Gasteiger partial charge in [-0.2, -0.15) is 0 Å². The van der Waals surface area contributed by atoms with Crippen LogP contribution in [0.25, 0.3) is 11.2 Å². The third-order valence-corrected chi connectivity index (χ3v) is 5.65. The number of ether oxygens (including phenoxy) is 2. The van der Waals surface area contributed by atoms with E-state index in [1.807, 2.05) is 0 Å². The van der Waals surface area contributed by atoms with Crippen LogP contribution < -0.4 is 5.32 Å². The number of hydrogen-bond donors (Lipinski definition) is 3. The average molecular weight is 430 g/mol. The molecule has 4 rings (SSSR count). The van der Waals surface area contributed by atoms with Crippen molar-refractivity contribution in [2.75, 3.05) is 25.0 Å². The Morgan fingerprint density at radius 3 is 2.81 bits per heavy atom. The van der Waals surface area contributed by atoms with Crippen LogP contribution in [-0.4, -0.2) is 84.8 Å². The second-order valence-corrected chi connectivity index (χ2v) is 7.61. The highest BCUT2D eigenvalue weighted by Gasteiger charge is 2.44. The summed E-state index contributed by atoms with van der Waals surface area (Å²) < 4.78 is 12.4. The van der Waals surface area contributed by atoms with Gasteiger partial charge in [0.05, 0.1) is 19.0 Å². The molecule has 2 aromatic rings. The lowest BCUT2D eigenvalue weighted by Gasteiger charge is -2.31. The summed E-state index contributed by atoms with van der Waals surface area (Å²) in [5, 5.41) is 24.0. The normalized spacial score (nSPS) is 26.7. The van der Waals surface area contributed by atoms with Gasteiger partial charge in [0.25, 0.3) is 0 Å². The zero-order chi connectivity index (χ0) is 22.0. The van der Waals surface area contributed by atoms with Crippen LogP contribution in [0.3, 0.4) is 0 Å². The largest absolute Gasteiger partial charge is 0.450 e. The SMILES string of the molecule is C#CC[C@H]1O[C@@H](n2cnc3c(NC4CCN(C(=O)OCC)CC4)ncnc32)[C@H](O)[C@@H]1O. The van der Waals surface area contributed by atoms with Crippen molar-refractivity contribution < 1.29 is 24.5 Å². The van der Waals surface area contributed by atoms with Gasteiger partial charge in [-0.25, -0.2) is 19.7 Å². The summed E-state index contributed by atoms with van der Waals surface area (Å²) in [6, 6.07) is 0.115. The Bertz CT molecular complexity index is 967. The molecular weight excluding hydrogens is 404 g/mol. The van der Waals surface area contributed by atoms with Crippen LogP contribution in [-0.2, 0) is 9.47 Å². The van der Waals surface area contributed by atoms with Gasteiger partial charge in [0.1, 0.15) is 18.5 Å². The van der Waals surface area contributed by atoms with Gasteiger partial charge in [0, 0.05) is 25.6 Å². The Kier molecular flexibility index (Phi) is 6.22. The number of anilines is 1. The number of fused-ring (bicyclic) bond motifs is 1. The van der Waals surface area contributed by atoms with E-state index >= 15 is 0 Å². The second-order valence-electron chi connectivity index (χ2n) is 7.61. The van der Waals surface area contributed by atoms with Crippen molar-refractivity contribution in [2.45, 2.75) is 56.8 Å². The maximum Gasteiger partial charge on any atom is 0.409 e. The molecule has 11 nitrogen and oxygen atoms in total. The predicted octanol–water partition coefficient (Wildman–Crippen LogP) is 0.502. The molecule has 11 heteroatoms. The standard InChI is InChI=1S/C20H26N6O5/c1-3-5-13-15(27)16(28)19(31-13)26-11-23-14-17(21-10-22-18(14)26)24-12-6-8-25(9-7-12)20(29)30-4-2/h1,10-13,15-16,19,27-28H,4-9H2,2H3,(H,21,22,24)/t13-,15-,16-,19-/m1/s1. The third kappa shape index (κ3) is 4.14. The molecule has 31 heavy (non-hydrogen) atoms. The summed E-state index contributed by atoms with van der Waals surface area (Å²) in [4.78, 5) is 26.6. The summed E-state index contributed by atoms with van der Waals surface area (Å²) in [6.07, 6.45) is 5.86. The number of hydrogen-bond acceptors (Lipinski definition) is 9. The molecule has 0 aromatic carbocycles. The Balaban J connectivity index is 1.48. The molecule has 1 amide bonds. The smallest absolute Gasteiger partial charge is 0.409 e. The van der Waals surface area contributed by atoms with E-state index in [1.165, 1.54) is 12.7 Å². The van der Waals surface area contributed by atoms with Crippen LogP contribution in [0.1, 0.15) is 32.4 Å². The van der Waals surface area contributed by atoms with Crippen molar-refractivity contribution in [1.29, 1.82) is 0 Å². The topological polar surface area (TPSA) is 135 Å². The maximum atomic E-state index is 11.9. The molecule has 3 N–H and O–H groups in total. The van der Waals surface area contributed by atoms with Gasteiger partial charge < -0.3 is 29.9 Å². The molecule has 0 unspecified atom stereocenters. The number of likely N-dealkylation sites (tertiary alicyclic amines) is 1. The van der Waals surface area contributed by atoms with E-state index in [-0.39, 0.29) is 18.6 Å². The minimum Gasteiger partial charge on any atom is -0.450 e. The summed E-state index contributed by atoms with van der Waals surface area (Å²) >= 11 is 0. The highest BCUT2D eigenvalue weighted by Crippen LogP contribution is 2.33. The van der Waals surface area contributed by atoms with Crippen LogP contribution in [0.5, 0.6) is 0 Å². The minimum atomic E-state index is -1.16. The molecule has 2 fully saturated rings. The number of rotatable bonds is 5. The summed E-state index contributed by atoms with van der Waals surface area (Å²) in [5.74, 6) is 3.01. The molecule has 0 spiro atoms. The maximum absolute atomic E-state index is 11.9. The number of terminal acetylenes is 1. The molecule has 2 aliphatic rings. The number of piperidine rings is 1. The molecule has 0 radical (unpaired) electrons. The first-order valence-electron chi connectivity index (χ1n) is 10.3. The highest BCUT2D eigenvalue weighted by atomic mass is 16.6. The first kappa shape index (κ1) is 21.3. The Labute approximate surface area is 179 Å². The van der Waals surface area contributed by atoms with Crippen LogP contribution in [0.4, 0.5) is 10.6 Å². The number of nitrogens with zero attached hydrogens (tertiary/aromatic N) is 5. The Morgan fingerprint density at radius 1 is 1.32 bits per heavy atom. The number of aliphatic hydroxyl groups is 2. The lowest BCUT2D eigenvalue weighted by atomic mass is 10.1. The molecule has 0 bridgehead atoms. The molecule has 2 saturated heterocycles. The van der Waals surface area contributed by atoms with Gasteiger partial charge in [-0.1, -0.05) is 0 Å². The van der Waals surface area contributed by atoms with E-state index < -0.39 is 24.5 Å². The van der Waals surface area contributed by atoms with Crippen LogP contribution >= 0.6 is 0 Å². The van der Waals surface area contributed by atoms with Crippen molar-refractivity contribution in [2.24, 2.45) is 0 Å². The Hall–Kier alpha value is -2.94. The van der Waals surface area contributed by atoms with E-state index in [2.05, 4.69) is 26.2 Å². The number of imidazole rings is 1. The molecule has 166 valence electrons. The number of carbonyl (C=O) groups is 1. The van der Waals surface area contributed by atoms with Crippen molar-refractivity contribution in [3.63, 3.8) is 0 Å². The third-order valence-electron chi connectivity index (χ3n) is 5.65. The molecule has 2 aromatic heterocycles. The highest BCUT2D eigenvalue weighted by molar-refractivity contribution is 5.82. The fraction of sp³-hybridized carbons (Fsp3) is 0.600. The van der Waals surface area contributed by atoms with Gasteiger partial charge in [-0.3, -0.25) is 4.57 Å². The second kappa shape index (κ2) is 9.05. The minimum absolute atomic E-state index is 0.115. The lowest BCUT2D eigenvalue weighted by Crippen LogP contribution is -2.42. The van der Waals surface area contributed by atoms with E-state index in [9.17, 15) is 15.0 Å². The van der Waals surface area contributed by atoms with Gasteiger partial charge in [0.2, 0.25) is 0 Å². The fourth-order valence-electron chi connectivity index (χ4n) is 4.00. The van der Waals surface area contributed by atoms with E-state index in [1.54, 1.807) is 16.4 Å². The Morgan fingerprint density at radius 2 is 2.10 bits per heavy atom. The van der Waals surface area contributed by atoms with Gasteiger partial charge in [-0.05, 0) is 19.8 Å².